The molecule has 7 aromatic rings. The van der Waals surface area contributed by atoms with Gasteiger partial charge in [0.15, 0.2) is 17.5 Å². The fourth-order valence-electron chi connectivity index (χ4n) is 6.08. The zero-order chi connectivity index (χ0) is 51.3. The number of aliphatic carboxylic acids is 3. The predicted octanol–water partition coefficient (Wildman–Crippen LogP) is 3.32. The van der Waals surface area contributed by atoms with Crippen LogP contribution < -0.4 is 17.2 Å². The number of aryl methyl sites for hydroxylation is 3. The summed E-state index contributed by atoms with van der Waals surface area (Å²) >= 11 is 0. The van der Waals surface area contributed by atoms with Crippen molar-refractivity contribution in [1.82, 2.24) is 30.4 Å². The number of hydrogen-bond donors (Lipinski definition) is 6. The molecule has 3 aromatic heterocycles. The van der Waals surface area contributed by atoms with Gasteiger partial charge in [0, 0.05) is 52.6 Å². The van der Waals surface area contributed by atoms with Crippen LogP contribution in [0.15, 0.2) is 120 Å². The van der Waals surface area contributed by atoms with Gasteiger partial charge in [0.25, 0.3) is 0 Å². The molecule has 4 aromatic carbocycles. The van der Waals surface area contributed by atoms with Gasteiger partial charge < -0.3 is 60.6 Å². The molecule has 7 rings (SSSR count). The topological polar surface area (TPSA) is 423 Å². The number of nitrogens with two attached hydrogens (primary N) is 3. The monoisotopic (exact) mass is 984 g/mol. The molecule has 9 N–H and O–H groups in total. The normalized spacial score (nSPS) is 11.8. The molecule has 0 amide bonds. The Bertz CT molecular complexity index is 2950. The van der Waals surface area contributed by atoms with Crippen LogP contribution in [0.2, 0.25) is 0 Å². The SMILES string of the molecule is N/C(=N\OC(=O)c1cc(C(=O)O/N=C(\N)c2cccc(-c3noc(CCC(=O)O)n3)c2)cc(C(=O)O/N=C(/N)c2cccc(-c3noc(CCC(=O)O)n3)c2)c1)c1cccc(-c2noc(CCC(=O)O)n2)c1. The fraction of sp³-hybridized carbons (Fsp3) is 0.133. The first-order valence-corrected chi connectivity index (χ1v) is 20.8. The van der Waals surface area contributed by atoms with Crippen LogP contribution in [0.1, 0.15) is 84.7 Å². The molecule has 27 nitrogen and oxygen atoms in total. The second kappa shape index (κ2) is 22.6. The molecule has 0 bridgehead atoms. The number of rotatable bonds is 21. The smallest absolute Gasteiger partial charge is 0.365 e. The van der Waals surface area contributed by atoms with E-state index in [4.69, 9.17) is 60.6 Å². The summed E-state index contributed by atoms with van der Waals surface area (Å²) in [6, 6.07) is 21.6. The highest BCUT2D eigenvalue weighted by molar-refractivity contribution is 6.03. The number of aromatic nitrogens is 6. The summed E-state index contributed by atoms with van der Waals surface area (Å²) < 4.78 is 15.4. The van der Waals surface area contributed by atoms with Gasteiger partial charge in [-0.1, -0.05) is 85.5 Å². The number of benzene rings is 4. The van der Waals surface area contributed by atoms with E-state index in [1.54, 1.807) is 36.4 Å². The van der Waals surface area contributed by atoms with Crippen LogP contribution in [-0.4, -0.2) is 99.1 Å². The van der Waals surface area contributed by atoms with Gasteiger partial charge in [0.05, 0.1) is 36.0 Å². The molecule has 3 heterocycles. The summed E-state index contributed by atoms with van der Waals surface area (Å²) in [4.78, 5) is 101. The Morgan fingerprint density at radius 3 is 0.972 bits per heavy atom. The fourth-order valence-corrected chi connectivity index (χ4v) is 6.08. The number of carboxylic acid groups (broad SMARTS) is 3. The molecule has 0 aliphatic rings. The Labute approximate surface area is 402 Å². The lowest BCUT2D eigenvalue weighted by Gasteiger charge is -2.07. The molecular formula is C45H36N12O15. The summed E-state index contributed by atoms with van der Waals surface area (Å²) in [5.41, 5.74) is 19.0. The summed E-state index contributed by atoms with van der Waals surface area (Å²) in [5, 5.41) is 49.6. The number of carbonyl (C=O) groups excluding carboxylic acids is 3. The Hall–Kier alpha value is -10.5. The van der Waals surface area contributed by atoms with Gasteiger partial charge in [-0.3, -0.25) is 14.4 Å². The zero-order valence-electron chi connectivity index (χ0n) is 36.9. The highest BCUT2D eigenvalue weighted by Gasteiger charge is 2.22. The van der Waals surface area contributed by atoms with Crippen molar-refractivity contribution in [2.24, 2.45) is 32.7 Å². The first kappa shape index (κ1) is 49.4. The maximum Gasteiger partial charge on any atom is 0.365 e. The van der Waals surface area contributed by atoms with Crippen molar-refractivity contribution in [2.45, 2.75) is 38.5 Å². The van der Waals surface area contributed by atoms with Crippen LogP contribution in [0.4, 0.5) is 0 Å². The number of nitrogens with zero attached hydrogens (tertiary/aromatic N) is 9. The summed E-state index contributed by atoms with van der Waals surface area (Å²) in [5.74, 6) is -7.13. The first-order chi connectivity index (χ1) is 34.6. The lowest BCUT2D eigenvalue weighted by Crippen LogP contribution is -2.17. The third kappa shape index (κ3) is 13.2. The molecule has 0 unspecified atom stereocenters. The molecule has 0 saturated heterocycles. The minimum Gasteiger partial charge on any atom is -0.481 e. The number of carbonyl (C=O) groups is 6. The van der Waals surface area contributed by atoms with Crippen molar-refractivity contribution in [3.8, 4) is 34.2 Å². The molecule has 0 aliphatic heterocycles. The second-order valence-electron chi connectivity index (χ2n) is 14.8. The van der Waals surface area contributed by atoms with Crippen molar-refractivity contribution in [1.29, 1.82) is 0 Å². The average Bonchev–Trinajstić information content (AvgIpc) is 4.19. The van der Waals surface area contributed by atoms with Gasteiger partial charge >= 0.3 is 35.8 Å². The number of oxime groups is 3. The van der Waals surface area contributed by atoms with E-state index in [2.05, 4.69) is 45.9 Å². The Kier molecular flexibility index (Phi) is 15.5. The number of carboxylic acids is 3. The number of hydrogen-bond acceptors (Lipinski definition) is 21. The second-order valence-corrected chi connectivity index (χ2v) is 14.8. The lowest BCUT2D eigenvalue weighted by molar-refractivity contribution is -0.138. The van der Waals surface area contributed by atoms with E-state index in [9.17, 15) is 28.8 Å². The van der Waals surface area contributed by atoms with Gasteiger partial charge in [-0.15, -0.1) is 0 Å². The molecule has 72 heavy (non-hydrogen) atoms. The van der Waals surface area contributed by atoms with E-state index < -0.39 is 52.5 Å². The summed E-state index contributed by atoms with van der Waals surface area (Å²) in [6.07, 6.45) is -0.680. The van der Waals surface area contributed by atoms with Gasteiger partial charge in [-0.2, -0.15) is 15.0 Å². The molecule has 0 radical (unpaired) electrons. The average molecular weight is 985 g/mol. The first-order valence-electron chi connectivity index (χ1n) is 20.8. The van der Waals surface area contributed by atoms with Gasteiger partial charge in [0.1, 0.15) is 0 Å². The van der Waals surface area contributed by atoms with Gasteiger partial charge in [-0.05, 0) is 36.4 Å². The third-order valence-electron chi connectivity index (χ3n) is 9.63. The molecular weight excluding hydrogens is 949 g/mol. The van der Waals surface area contributed by atoms with Gasteiger partial charge in [0.2, 0.25) is 35.1 Å². The zero-order valence-corrected chi connectivity index (χ0v) is 36.9. The highest BCUT2D eigenvalue weighted by Crippen LogP contribution is 2.22. The van der Waals surface area contributed by atoms with Crippen molar-refractivity contribution >= 4 is 53.3 Å². The molecule has 27 heteroatoms. The van der Waals surface area contributed by atoms with E-state index in [1.807, 2.05) is 0 Å². The minimum atomic E-state index is -1.22. The Balaban J connectivity index is 1.11. The molecule has 0 aliphatic carbocycles. The van der Waals surface area contributed by atoms with E-state index >= 15 is 0 Å². The molecule has 366 valence electrons. The van der Waals surface area contributed by atoms with E-state index in [-0.39, 0.29) is 108 Å². The number of amidine groups is 3. The van der Waals surface area contributed by atoms with E-state index in [0.29, 0.717) is 16.7 Å². The maximum atomic E-state index is 13.5. The molecule has 0 spiro atoms. The predicted molar refractivity (Wildman–Crippen MR) is 242 cm³/mol. The minimum absolute atomic E-state index is 0.00147. The van der Waals surface area contributed by atoms with Crippen LogP contribution in [0.5, 0.6) is 0 Å². The third-order valence-corrected chi connectivity index (χ3v) is 9.63. The Morgan fingerprint density at radius 1 is 0.431 bits per heavy atom. The molecule has 0 fully saturated rings. The van der Waals surface area contributed by atoms with E-state index in [0.717, 1.165) is 18.2 Å². The van der Waals surface area contributed by atoms with Crippen LogP contribution in [0.3, 0.4) is 0 Å². The quantitative estimate of drug-likeness (QED) is 0.0260. The van der Waals surface area contributed by atoms with Crippen LogP contribution >= 0.6 is 0 Å². The van der Waals surface area contributed by atoms with Crippen LogP contribution in [0, 0.1) is 0 Å². The molecule has 0 atom stereocenters. The van der Waals surface area contributed by atoms with Crippen LogP contribution in [-0.2, 0) is 48.2 Å². The standard InChI is InChI=1S/C45H36N12O15/c46-37(22-4-1-7-25(16-22)40-49-31(67-55-40)10-13-34(58)59)52-70-43(64)28-19-29(44(65)71-53-38(47)23-5-2-8-26(17-23)41-50-32(68-56-41)11-14-35(60)61)21-30(20-28)45(66)72-54-39(48)24-6-3-9-27(18-24)42-51-33(69-57-42)12-15-36(62)63/h1-9,16-21H,10-15H2,(H2,46,52)(H2,47,53)(H2,48,54)(H,58,59)(H,60,61)(H,62,63). The largest absolute Gasteiger partial charge is 0.481 e. The molecule has 0 saturated carbocycles. The van der Waals surface area contributed by atoms with Gasteiger partial charge in [-0.25, -0.2) is 14.4 Å². The summed E-state index contributed by atoms with van der Waals surface area (Å²) in [6.45, 7) is 0. The van der Waals surface area contributed by atoms with E-state index in [1.165, 1.54) is 36.4 Å². The van der Waals surface area contributed by atoms with Crippen molar-refractivity contribution < 1.29 is 72.2 Å². The lowest BCUT2D eigenvalue weighted by atomic mass is 10.1. The highest BCUT2D eigenvalue weighted by atomic mass is 16.7. The Morgan fingerprint density at radius 2 is 0.708 bits per heavy atom. The van der Waals surface area contributed by atoms with Crippen molar-refractivity contribution in [2.75, 3.05) is 0 Å². The van der Waals surface area contributed by atoms with Crippen LogP contribution in [0.25, 0.3) is 34.2 Å². The maximum absolute atomic E-state index is 13.5. The summed E-state index contributed by atoms with van der Waals surface area (Å²) in [7, 11) is 0. The van der Waals surface area contributed by atoms with Crippen molar-refractivity contribution in [3.05, 3.63) is 142 Å². The van der Waals surface area contributed by atoms with Crippen molar-refractivity contribution in [3.63, 3.8) is 0 Å².